The number of carbonyl (C=O) groups excluding carboxylic acids is 2. The quantitative estimate of drug-likeness (QED) is 0.798. The normalized spacial score (nSPS) is 17.2. The fourth-order valence-corrected chi connectivity index (χ4v) is 3.83. The van der Waals surface area contributed by atoms with Crippen molar-refractivity contribution < 1.29 is 19.1 Å². The maximum absolute atomic E-state index is 12.0. The van der Waals surface area contributed by atoms with E-state index >= 15 is 0 Å². The predicted octanol–water partition coefficient (Wildman–Crippen LogP) is 2.53. The van der Waals surface area contributed by atoms with Crippen molar-refractivity contribution in [3.05, 3.63) is 22.5 Å². The Kier molecular flexibility index (Phi) is 3.89. The molecule has 0 aliphatic carbocycles. The van der Waals surface area contributed by atoms with Crippen LogP contribution in [0.5, 0.6) is 0 Å². The summed E-state index contributed by atoms with van der Waals surface area (Å²) in [5.41, 5.74) is 2.33. The number of ether oxygens (including phenoxy) is 2. The minimum atomic E-state index is -0.486. The van der Waals surface area contributed by atoms with Crippen LogP contribution >= 0.6 is 11.8 Å². The zero-order valence-electron chi connectivity index (χ0n) is 11.5. The Balaban J connectivity index is 2.67. The Hall–Kier alpha value is -1.43. The van der Waals surface area contributed by atoms with Crippen molar-refractivity contribution in [2.24, 2.45) is 0 Å². The Morgan fingerprint density at radius 1 is 1.26 bits per heavy atom. The van der Waals surface area contributed by atoms with Crippen molar-refractivity contribution >= 4 is 23.7 Å². The number of hydrogen-bond acceptors (Lipinski definition) is 5. The van der Waals surface area contributed by atoms with Crippen molar-refractivity contribution in [2.45, 2.75) is 31.4 Å². The summed E-state index contributed by atoms with van der Waals surface area (Å²) in [5.74, 6) is -0.255. The second-order valence-corrected chi connectivity index (χ2v) is 5.48. The van der Waals surface area contributed by atoms with Crippen LogP contribution in [0.4, 0.5) is 0 Å². The molecule has 1 aliphatic heterocycles. The molecule has 0 saturated heterocycles. The van der Waals surface area contributed by atoms with Crippen molar-refractivity contribution in [1.82, 2.24) is 4.57 Å². The van der Waals surface area contributed by atoms with E-state index in [1.807, 2.05) is 6.92 Å². The minimum absolute atomic E-state index is 0.261. The lowest BCUT2D eigenvalue weighted by atomic mass is 10.1. The van der Waals surface area contributed by atoms with Crippen LogP contribution in [0.3, 0.4) is 0 Å². The monoisotopic (exact) mass is 283 g/mol. The van der Waals surface area contributed by atoms with Crippen LogP contribution in [0.2, 0.25) is 0 Å². The molecule has 1 aromatic heterocycles. The third kappa shape index (κ3) is 2.04. The lowest BCUT2D eigenvalue weighted by molar-refractivity contribution is 0.0555. The van der Waals surface area contributed by atoms with Gasteiger partial charge in [0.25, 0.3) is 0 Å². The van der Waals surface area contributed by atoms with E-state index in [0.29, 0.717) is 16.9 Å². The number of fused-ring (bicyclic) bond motifs is 1. The topological polar surface area (TPSA) is 57.5 Å². The van der Waals surface area contributed by atoms with Gasteiger partial charge in [0, 0.05) is 17.1 Å². The molecule has 0 spiro atoms. The van der Waals surface area contributed by atoms with Crippen LogP contribution in [0.25, 0.3) is 0 Å². The van der Waals surface area contributed by atoms with Gasteiger partial charge in [0.2, 0.25) is 0 Å². The Bertz CT molecular complexity index is 535. The van der Waals surface area contributed by atoms with E-state index in [1.54, 1.807) is 11.8 Å². The van der Waals surface area contributed by atoms with Crippen molar-refractivity contribution in [1.29, 1.82) is 0 Å². The number of methoxy groups -OCH3 is 2. The van der Waals surface area contributed by atoms with Gasteiger partial charge in [-0.15, -0.1) is 11.8 Å². The van der Waals surface area contributed by atoms with Gasteiger partial charge in [-0.25, -0.2) is 9.59 Å². The highest BCUT2D eigenvalue weighted by Crippen LogP contribution is 2.43. The number of nitrogens with zero attached hydrogens (tertiary/aromatic N) is 1. The minimum Gasteiger partial charge on any atom is -0.465 e. The van der Waals surface area contributed by atoms with Gasteiger partial charge in [0.1, 0.15) is 0 Å². The Morgan fingerprint density at radius 3 is 2.37 bits per heavy atom. The molecule has 0 radical (unpaired) electrons. The van der Waals surface area contributed by atoms with Crippen LogP contribution < -0.4 is 0 Å². The summed E-state index contributed by atoms with van der Waals surface area (Å²) in [6, 6.07) is 0. The molecule has 2 rings (SSSR count). The molecule has 0 aromatic carbocycles. The smallest absolute Gasteiger partial charge is 0.340 e. The van der Waals surface area contributed by atoms with Gasteiger partial charge in [0.15, 0.2) is 0 Å². The second kappa shape index (κ2) is 5.28. The lowest BCUT2D eigenvalue weighted by Gasteiger charge is -2.12. The molecule has 0 unspecified atom stereocenters. The van der Waals surface area contributed by atoms with Crippen LogP contribution in [0, 0.1) is 6.92 Å². The number of thioether (sulfide) groups is 1. The third-order valence-electron chi connectivity index (χ3n) is 3.38. The summed E-state index contributed by atoms with van der Waals surface area (Å²) in [6.07, 6.45) is 0.939. The summed E-state index contributed by atoms with van der Waals surface area (Å²) >= 11 is 1.77. The highest BCUT2D eigenvalue weighted by atomic mass is 32.2. The number of rotatable bonds is 3. The highest BCUT2D eigenvalue weighted by molar-refractivity contribution is 7.98. The summed E-state index contributed by atoms with van der Waals surface area (Å²) in [7, 11) is 2.64. The first kappa shape index (κ1) is 14.0. The lowest BCUT2D eigenvalue weighted by Crippen LogP contribution is -2.12. The molecule has 0 amide bonds. The van der Waals surface area contributed by atoms with Gasteiger partial charge in [0.05, 0.1) is 30.7 Å². The number of aromatic nitrogens is 1. The molecule has 2 heterocycles. The van der Waals surface area contributed by atoms with E-state index in [-0.39, 0.29) is 5.37 Å². The molecule has 0 fully saturated rings. The summed E-state index contributed by atoms with van der Waals surface area (Å²) in [6.45, 7) is 3.93. The van der Waals surface area contributed by atoms with Gasteiger partial charge in [-0.05, 0) is 13.3 Å². The molecule has 0 saturated carbocycles. The molecule has 104 valence electrons. The zero-order chi connectivity index (χ0) is 14.2. The summed E-state index contributed by atoms with van der Waals surface area (Å²) in [5, 5.41) is 0.261. The first-order chi connectivity index (χ1) is 9.06. The molecule has 1 aliphatic rings. The standard InChI is InChI=1S/C13H17NO4S/c1-5-9-14-7(2)10(12(15)17-3)11(13(16)18-4)8(14)6-19-9/h9H,5-6H2,1-4H3/t9-/m1/s1. The fraction of sp³-hybridized carbons (Fsp3) is 0.538. The van der Waals surface area contributed by atoms with E-state index < -0.39 is 11.9 Å². The number of carbonyl (C=O) groups is 2. The van der Waals surface area contributed by atoms with Gasteiger partial charge >= 0.3 is 11.9 Å². The molecule has 19 heavy (non-hydrogen) atoms. The second-order valence-electron chi connectivity index (χ2n) is 4.31. The predicted molar refractivity (Wildman–Crippen MR) is 72.5 cm³/mol. The van der Waals surface area contributed by atoms with E-state index in [9.17, 15) is 9.59 Å². The largest absolute Gasteiger partial charge is 0.465 e. The fourth-order valence-electron chi connectivity index (χ4n) is 2.52. The molecule has 1 atom stereocenters. The van der Waals surface area contributed by atoms with Gasteiger partial charge < -0.3 is 14.0 Å². The van der Waals surface area contributed by atoms with Crippen LogP contribution in [0.15, 0.2) is 0 Å². The van der Waals surface area contributed by atoms with Crippen molar-refractivity contribution in [3.63, 3.8) is 0 Å². The highest BCUT2D eigenvalue weighted by Gasteiger charge is 2.35. The van der Waals surface area contributed by atoms with Gasteiger partial charge in [-0.2, -0.15) is 0 Å². The molecular formula is C13H17NO4S. The van der Waals surface area contributed by atoms with Crippen LogP contribution in [-0.4, -0.2) is 30.7 Å². The maximum Gasteiger partial charge on any atom is 0.340 e. The Labute approximate surface area is 116 Å². The van der Waals surface area contributed by atoms with Crippen molar-refractivity contribution in [3.8, 4) is 0 Å². The molecule has 1 aromatic rings. The van der Waals surface area contributed by atoms with E-state index in [2.05, 4.69) is 11.5 Å². The molecule has 6 heteroatoms. The first-order valence-corrected chi connectivity index (χ1v) is 7.13. The average Bonchev–Trinajstić information content (AvgIpc) is 2.96. The SMILES string of the molecule is CC[C@H]1SCc2c(C(=O)OC)c(C(=O)OC)c(C)n21. The summed E-state index contributed by atoms with van der Waals surface area (Å²) < 4.78 is 11.7. The number of esters is 2. The summed E-state index contributed by atoms with van der Waals surface area (Å²) in [4.78, 5) is 23.9. The first-order valence-electron chi connectivity index (χ1n) is 6.08. The zero-order valence-corrected chi connectivity index (χ0v) is 12.3. The van der Waals surface area contributed by atoms with Gasteiger partial charge in [-0.3, -0.25) is 0 Å². The molecular weight excluding hydrogens is 266 g/mol. The number of hydrogen-bond donors (Lipinski definition) is 0. The van der Waals surface area contributed by atoms with Gasteiger partial charge in [-0.1, -0.05) is 6.92 Å². The maximum atomic E-state index is 12.0. The van der Waals surface area contributed by atoms with Crippen molar-refractivity contribution in [2.75, 3.05) is 14.2 Å². The van der Waals surface area contributed by atoms with Crippen LogP contribution in [0.1, 0.15) is 50.8 Å². The molecule has 0 bridgehead atoms. The van der Waals surface area contributed by atoms with Crippen LogP contribution in [-0.2, 0) is 15.2 Å². The average molecular weight is 283 g/mol. The van der Waals surface area contributed by atoms with E-state index in [0.717, 1.165) is 17.8 Å². The third-order valence-corrected chi connectivity index (χ3v) is 4.75. The molecule has 0 N–H and O–H groups in total. The Morgan fingerprint density at radius 2 is 1.84 bits per heavy atom. The molecule has 5 nitrogen and oxygen atoms in total. The van der Waals surface area contributed by atoms with E-state index in [1.165, 1.54) is 14.2 Å². The van der Waals surface area contributed by atoms with E-state index in [4.69, 9.17) is 9.47 Å².